The zero-order valence-electron chi connectivity index (χ0n) is 16.0. The van der Waals surface area contributed by atoms with Crippen LogP contribution in [-0.4, -0.2) is 42.3 Å². The molecule has 2 N–H and O–H groups in total. The third-order valence-corrected chi connectivity index (χ3v) is 4.82. The molecule has 1 saturated heterocycles. The fourth-order valence-corrected chi connectivity index (χ4v) is 3.23. The minimum absolute atomic E-state index is 0.0529. The van der Waals surface area contributed by atoms with Gasteiger partial charge in [0.1, 0.15) is 5.75 Å². The summed E-state index contributed by atoms with van der Waals surface area (Å²) in [7, 11) is 0. The molecule has 1 aromatic rings. The number of piperidine rings is 1. The molecule has 1 aromatic carbocycles. The highest BCUT2D eigenvalue weighted by atomic mass is 19.4. The maximum atomic E-state index is 12.4. The highest BCUT2D eigenvalue weighted by Gasteiger charge is 2.31. The van der Waals surface area contributed by atoms with Gasteiger partial charge in [-0.15, -0.1) is 13.2 Å². The van der Waals surface area contributed by atoms with E-state index in [0.29, 0.717) is 31.6 Å². The summed E-state index contributed by atoms with van der Waals surface area (Å²) in [6.45, 7) is 5.21. The van der Waals surface area contributed by atoms with Crippen LogP contribution in [0, 0.1) is 5.92 Å². The van der Waals surface area contributed by atoms with Crippen LogP contribution in [0.15, 0.2) is 24.3 Å². The maximum absolute atomic E-state index is 12.4. The molecule has 9 heteroatoms. The average molecular weight is 401 g/mol. The Morgan fingerprint density at radius 1 is 1.14 bits per heavy atom. The van der Waals surface area contributed by atoms with E-state index in [2.05, 4.69) is 15.4 Å². The van der Waals surface area contributed by atoms with E-state index in [-0.39, 0.29) is 23.6 Å². The second-order valence-electron chi connectivity index (χ2n) is 6.78. The van der Waals surface area contributed by atoms with E-state index >= 15 is 0 Å². The molecule has 6 nitrogen and oxygen atoms in total. The minimum atomic E-state index is -4.75. The number of nitrogens with one attached hydrogen (secondary N) is 2. The van der Waals surface area contributed by atoms with Gasteiger partial charge in [-0.05, 0) is 49.9 Å². The maximum Gasteiger partial charge on any atom is 0.573 e. The summed E-state index contributed by atoms with van der Waals surface area (Å²) in [6.07, 6.45) is -1.78. The Morgan fingerprint density at radius 2 is 1.71 bits per heavy atom. The lowest BCUT2D eigenvalue weighted by atomic mass is 9.98. The molecule has 0 spiro atoms. The number of hydrogen-bond acceptors (Lipinski definition) is 3. The van der Waals surface area contributed by atoms with Gasteiger partial charge in [0.05, 0.1) is 0 Å². The molecule has 0 aliphatic carbocycles. The van der Waals surface area contributed by atoms with E-state index in [4.69, 9.17) is 0 Å². The summed E-state index contributed by atoms with van der Waals surface area (Å²) < 4.78 is 40.2. The van der Waals surface area contributed by atoms with Crippen LogP contribution in [-0.2, 0) is 4.79 Å². The van der Waals surface area contributed by atoms with Gasteiger partial charge in [-0.2, -0.15) is 0 Å². The summed E-state index contributed by atoms with van der Waals surface area (Å²) in [5.74, 6) is -0.126. The summed E-state index contributed by atoms with van der Waals surface area (Å²) in [5, 5.41) is 5.42. The quantitative estimate of drug-likeness (QED) is 0.753. The molecule has 0 unspecified atom stereocenters. The van der Waals surface area contributed by atoms with E-state index < -0.39 is 12.4 Å². The molecular formula is C19H26F3N3O3. The SMILES string of the molecule is CCC(CC)C(=O)N1CCC(NC(=O)Nc2ccc(OC(F)(F)F)cc2)CC1. The highest BCUT2D eigenvalue weighted by Crippen LogP contribution is 2.24. The van der Waals surface area contributed by atoms with Crippen LogP contribution in [0.3, 0.4) is 0 Å². The van der Waals surface area contributed by atoms with Gasteiger partial charge < -0.3 is 20.3 Å². The Balaban J connectivity index is 1.78. The number of carbonyl (C=O) groups is 2. The lowest BCUT2D eigenvalue weighted by Gasteiger charge is -2.34. The summed E-state index contributed by atoms with van der Waals surface area (Å²) in [5.41, 5.74) is 0.355. The van der Waals surface area contributed by atoms with Crippen molar-refractivity contribution in [2.45, 2.75) is 51.9 Å². The van der Waals surface area contributed by atoms with Gasteiger partial charge in [0.25, 0.3) is 0 Å². The predicted octanol–water partition coefficient (Wildman–Crippen LogP) is 4.13. The molecule has 0 atom stereocenters. The number of hydrogen-bond donors (Lipinski definition) is 2. The number of alkyl halides is 3. The second kappa shape index (κ2) is 9.66. The van der Waals surface area contributed by atoms with Crippen molar-refractivity contribution < 1.29 is 27.5 Å². The van der Waals surface area contributed by atoms with Crippen LogP contribution < -0.4 is 15.4 Å². The number of benzene rings is 1. The van der Waals surface area contributed by atoms with Gasteiger partial charge >= 0.3 is 12.4 Å². The summed E-state index contributed by atoms with van der Waals surface area (Å²) in [6, 6.07) is 4.43. The standard InChI is InChI=1S/C19H26F3N3O3/c1-3-13(4-2)17(26)25-11-9-15(10-12-25)24-18(27)23-14-5-7-16(8-6-14)28-19(20,21)22/h5-8,13,15H,3-4,9-12H2,1-2H3,(H2,23,24,27). The first kappa shape index (κ1) is 21.8. The molecule has 1 aliphatic rings. The van der Waals surface area contributed by atoms with Crippen LogP contribution in [0.1, 0.15) is 39.5 Å². The normalized spacial score (nSPS) is 15.4. The highest BCUT2D eigenvalue weighted by molar-refractivity contribution is 5.89. The van der Waals surface area contributed by atoms with Gasteiger partial charge in [0.15, 0.2) is 0 Å². The third kappa shape index (κ3) is 6.61. The Kier molecular flexibility index (Phi) is 7.53. The summed E-state index contributed by atoms with van der Waals surface area (Å²) in [4.78, 5) is 26.3. The average Bonchev–Trinajstić information content (AvgIpc) is 2.63. The van der Waals surface area contributed by atoms with Gasteiger partial charge in [0.2, 0.25) is 5.91 Å². The molecule has 156 valence electrons. The third-order valence-electron chi connectivity index (χ3n) is 4.82. The van der Waals surface area contributed by atoms with Gasteiger partial charge in [0, 0.05) is 30.7 Å². The van der Waals surface area contributed by atoms with Crippen molar-refractivity contribution in [1.82, 2.24) is 10.2 Å². The van der Waals surface area contributed by atoms with Crippen LogP contribution in [0.4, 0.5) is 23.7 Å². The van der Waals surface area contributed by atoms with Gasteiger partial charge in [-0.3, -0.25) is 4.79 Å². The largest absolute Gasteiger partial charge is 0.573 e. The Morgan fingerprint density at radius 3 is 2.21 bits per heavy atom. The van der Waals surface area contributed by atoms with E-state index in [9.17, 15) is 22.8 Å². The molecule has 3 amide bonds. The number of carbonyl (C=O) groups excluding carboxylic acids is 2. The van der Waals surface area contributed by atoms with E-state index in [1.54, 1.807) is 0 Å². The Labute approximate surface area is 162 Å². The van der Waals surface area contributed by atoms with Crippen LogP contribution in [0.25, 0.3) is 0 Å². The Hall–Kier alpha value is -2.45. The Bertz CT molecular complexity index is 653. The molecule has 2 rings (SSSR count). The van der Waals surface area contributed by atoms with Crippen molar-refractivity contribution in [2.75, 3.05) is 18.4 Å². The van der Waals surface area contributed by atoms with Gasteiger partial charge in [-0.25, -0.2) is 4.79 Å². The molecule has 1 heterocycles. The second-order valence-corrected chi connectivity index (χ2v) is 6.78. The van der Waals surface area contributed by atoms with E-state index in [1.165, 1.54) is 12.1 Å². The first-order chi connectivity index (χ1) is 13.2. The topological polar surface area (TPSA) is 70.7 Å². The zero-order chi connectivity index (χ0) is 20.7. The monoisotopic (exact) mass is 401 g/mol. The summed E-state index contributed by atoms with van der Waals surface area (Å²) >= 11 is 0. The lowest BCUT2D eigenvalue weighted by molar-refractivity contribution is -0.274. The van der Waals surface area contributed by atoms with Crippen molar-refractivity contribution in [2.24, 2.45) is 5.92 Å². The minimum Gasteiger partial charge on any atom is -0.406 e. The molecule has 1 aliphatic heterocycles. The molecule has 0 radical (unpaired) electrons. The number of anilines is 1. The number of likely N-dealkylation sites (tertiary alicyclic amines) is 1. The molecule has 28 heavy (non-hydrogen) atoms. The first-order valence-corrected chi connectivity index (χ1v) is 9.44. The number of urea groups is 1. The van der Waals surface area contributed by atoms with Crippen molar-refractivity contribution in [3.8, 4) is 5.75 Å². The number of amides is 3. The van der Waals surface area contributed by atoms with Crippen molar-refractivity contribution in [3.05, 3.63) is 24.3 Å². The van der Waals surface area contributed by atoms with Crippen LogP contribution >= 0.6 is 0 Å². The smallest absolute Gasteiger partial charge is 0.406 e. The van der Waals surface area contributed by atoms with E-state index in [1.807, 2.05) is 18.7 Å². The molecule has 0 saturated carbocycles. The van der Waals surface area contributed by atoms with Crippen molar-refractivity contribution in [1.29, 1.82) is 0 Å². The van der Waals surface area contributed by atoms with Crippen LogP contribution in [0.2, 0.25) is 0 Å². The molecular weight excluding hydrogens is 375 g/mol. The lowest BCUT2D eigenvalue weighted by Crippen LogP contribution is -2.48. The van der Waals surface area contributed by atoms with Crippen molar-refractivity contribution >= 4 is 17.6 Å². The first-order valence-electron chi connectivity index (χ1n) is 9.44. The molecule has 0 bridgehead atoms. The molecule has 0 aromatic heterocycles. The number of nitrogens with zero attached hydrogens (tertiary/aromatic N) is 1. The zero-order valence-corrected chi connectivity index (χ0v) is 16.0. The number of rotatable bonds is 6. The fraction of sp³-hybridized carbons (Fsp3) is 0.579. The number of halogens is 3. The number of ether oxygens (including phenoxy) is 1. The fourth-order valence-electron chi connectivity index (χ4n) is 3.23. The van der Waals surface area contributed by atoms with Crippen molar-refractivity contribution in [3.63, 3.8) is 0 Å². The van der Waals surface area contributed by atoms with E-state index in [0.717, 1.165) is 25.0 Å². The van der Waals surface area contributed by atoms with Crippen LogP contribution in [0.5, 0.6) is 5.75 Å². The predicted molar refractivity (Wildman–Crippen MR) is 99.0 cm³/mol. The van der Waals surface area contributed by atoms with Gasteiger partial charge in [-0.1, -0.05) is 13.8 Å². The molecule has 1 fully saturated rings.